The molecule has 1 aliphatic heterocycles. The van der Waals surface area contributed by atoms with Crippen LogP contribution in [0.25, 0.3) is 0 Å². The van der Waals surface area contributed by atoms with Crippen LogP contribution in [0.4, 0.5) is 0 Å². The summed E-state index contributed by atoms with van der Waals surface area (Å²) < 4.78 is 0. The molecule has 94 valence electrons. The molecule has 1 saturated heterocycles. The molecule has 0 amide bonds. The molecule has 0 N–H and O–H groups in total. The van der Waals surface area contributed by atoms with Crippen molar-refractivity contribution in [2.45, 2.75) is 32.2 Å². The summed E-state index contributed by atoms with van der Waals surface area (Å²) in [6.45, 7) is 3.09. The Morgan fingerprint density at radius 2 is 1.94 bits per heavy atom. The van der Waals surface area contributed by atoms with Gasteiger partial charge in [0.15, 0.2) is 0 Å². The van der Waals surface area contributed by atoms with E-state index in [0.717, 1.165) is 19.6 Å². The lowest BCUT2D eigenvalue weighted by Gasteiger charge is -2.25. The average molecular weight is 240 g/mol. The maximum Gasteiger partial charge on any atom is 0.0675 e. The molecule has 2 heteroatoms. The Morgan fingerprint density at radius 1 is 1.22 bits per heavy atom. The first-order valence-electron chi connectivity index (χ1n) is 6.98. The van der Waals surface area contributed by atoms with Gasteiger partial charge in [0.2, 0.25) is 0 Å². The number of nitrogens with zero attached hydrogens (tertiary/aromatic N) is 2. The quantitative estimate of drug-likeness (QED) is 0.793. The minimum Gasteiger partial charge on any atom is -0.297 e. The molecule has 1 atom stereocenters. The Bertz CT molecular complexity index is 440. The first-order chi connectivity index (χ1) is 8.82. The van der Waals surface area contributed by atoms with E-state index in [-0.39, 0.29) is 5.92 Å². The maximum atomic E-state index is 9.40. The zero-order chi connectivity index (χ0) is 12.4. The molecule has 2 aliphatic rings. The van der Waals surface area contributed by atoms with Crippen molar-refractivity contribution in [3.8, 4) is 6.07 Å². The molecule has 1 unspecified atom stereocenters. The van der Waals surface area contributed by atoms with Crippen LogP contribution in [0.15, 0.2) is 30.3 Å². The Morgan fingerprint density at radius 3 is 2.61 bits per heavy atom. The summed E-state index contributed by atoms with van der Waals surface area (Å²) >= 11 is 0. The standard InChI is InChI=1S/C16H20N2/c17-10-15-12-18(11-14-6-2-1-3-7-14)13-16(15)8-4-5-9-16/h1-3,6-7,15H,4-5,8-9,11-13H2. The molecule has 1 spiro atoms. The van der Waals surface area contributed by atoms with Gasteiger partial charge in [0, 0.05) is 25.0 Å². The lowest BCUT2D eigenvalue weighted by atomic mass is 9.77. The molecular weight excluding hydrogens is 220 g/mol. The van der Waals surface area contributed by atoms with Crippen molar-refractivity contribution in [2.75, 3.05) is 13.1 Å². The van der Waals surface area contributed by atoms with Gasteiger partial charge in [-0.2, -0.15) is 5.26 Å². The maximum absolute atomic E-state index is 9.40. The highest BCUT2D eigenvalue weighted by Gasteiger charge is 2.47. The smallest absolute Gasteiger partial charge is 0.0675 e. The summed E-state index contributed by atoms with van der Waals surface area (Å²) in [4.78, 5) is 2.48. The van der Waals surface area contributed by atoms with Gasteiger partial charge >= 0.3 is 0 Å². The third-order valence-corrected chi connectivity index (χ3v) is 4.72. The summed E-state index contributed by atoms with van der Waals surface area (Å²) in [6, 6.07) is 13.2. The van der Waals surface area contributed by atoms with Crippen molar-refractivity contribution in [3.63, 3.8) is 0 Å². The van der Waals surface area contributed by atoms with Crippen LogP contribution in [0.1, 0.15) is 31.2 Å². The zero-order valence-corrected chi connectivity index (χ0v) is 10.8. The largest absolute Gasteiger partial charge is 0.297 e. The summed E-state index contributed by atoms with van der Waals surface area (Å²) in [7, 11) is 0. The van der Waals surface area contributed by atoms with Gasteiger partial charge in [-0.15, -0.1) is 0 Å². The van der Waals surface area contributed by atoms with Crippen LogP contribution in [0.3, 0.4) is 0 Å². The molecule has 2 fully saturated rings. The first-order valence-corrected chi connectivity index (χ1v) is 6.98. The Balaban J connectivity index is 1.72. The highest BCUT2D eigenvalue weighted by Crippen LogP contribution is 2.48. The van der Waals surface area contributed by atoms with Gasteiger partial charge in [0.05, 0.1) is 12.0 Å². The third kappa shape index (κ3) is 2.04. The number of rotatable bonds is 2. The van der Waals surface area contributed by atoms with Gasteiger partial charge in [-0.3, -0.25) is 4.90 Å². The number of hydrogen-bond donors (Lipinski definition) is 0. The summed E-state index contributed by atoms with van der Waals surface area (Å²) in [5.74, 6) is 0.253. The van der Waals surface area contributed by atoms with E-state index in [4.69, 9.17) is 0 Å². The summed E-state index contributed by atoms with van der Waals surface area (Å²) in [6.07, 6.45) is 5.15. The lowest BCUT2D eigenvalue weighted by molar-refractivity contribution is 0.242. The fourth-order valence-electron chi connectivity index (χ4n) is 3.80. The molecule has 1 heterocycles. The fourth-order valence-corrected chi connectivity index (χ4v) is 3.80. The molecule has 1 saturated carbocycles. The molecule has 0 aromatic heterocycles. The minimum atomic E-state index is 0.253. The van der Waals surface area contributed by atoms with Gasteiger partial charge in [-0.1, -0.05) is 43.2 Å². The van der Waals surface area contributed by atoms with Gasteiger partial charge in [0.25, 0.3) is 0 Å². The molecule has 1 aromatic carbocycles. The van der Waals surface area contributed by atoms with E-state index in [1.165, 1.54) is 31.2 Å². The second kappa shape index (κ2) is 4.74. The van der Waals surface area contributed by atoms with E-state index in [9.17, 15) is 5.26 Å². The Labute approximate surface area is 109 Å². The summed E-state index contributed by atoms with van der Waals surface area (Å²) in [5.41, 5.74) is 1.69. The molecule has 18 heavy (non-hydrogen) atoms. The van der Waals surface area contributed by atoms with Crippen LogP contribution in [0.2, 0.25) is 0 Å². The van der Waals surface area contributed by atoms with Crippen molar-refractivity contribution < 1.29 is 0 Å². The molecule has 1 aromatic rings. The number of benzene rings is 1. The number of nitriles is 1. The lowest BCUT2D eigenvalue weighted by Crippen LogP contribution is -2.26. The van der Waals surface area contributed by atoms with Crippen LogP contribution in [0.5, 0.6) is 0 Å². The molecular formula is C16H20N2. The third-order valence-electron chi connectivity index (χ3n) is 4.72. The normalized spacial score (nSPS) is 26.5. The molecule has 0 bridgehead atoms. The van der Waals surface area contributed by atoms with Crippen molar-refractivity contribution in [3.05, 3.63) is 35.9 Å². The number of likely N-dealkylation sites (tertiary alicyclic amines) is 1. The van der Waals surface area contributed by atoms with Crippen molar-refractivity contribution in [2.24, 2.45) is 11.3 Å². The predicted molar refractivity (Wildman–Crippen MR) is 71.7 cm³/mol. The second-order valence-corrected chi connectivity index (χ2v) is 5.91. The SMILES string of the molecule is N#CC1CN(Cc2ccccc2)CC12CCCC2. The van der Waals surface area contributed by atoms with Crippen molar-refractivity contribution in [1.29, 1.82) is 5.26 Å². The van der Waals surface area contributed by atoms with Crippen molar-refractivity contribution >= 4 is 0 Å². The monoisotopic (exact) mass is 240 g/mol. The highest BCUT2D eigenvalue weighted by atomic mass is 15.2. The van der Waals surface area contributed by atoms with Crippen LogP contribution in [-0.4, -0.2) is 18.0 Å². The first kappa shape index (κ1) is 11.7. The van der Waals surface area contributed by atoms with Crippen LogP contribution in [0, 0.1) is 22.7 Å². The molecule has 0 radical (unpaired) electrons. The van der Waals surface area contributed by atoms with Gasteiger partial charge in [-0.05, 0) is 18.4 Å². The minimum absolute atomic E-state index is 0.253. The molecule has 1 aliphatic carbocycles. The average Bonchev–Trinajstić information content (AvgIpc) is 2.99. The molecule has 2 nitrogen and oxygen atoms in total. The van der Waals surface area contributed by atoms with Gasteiger partial charge in [0.1, 0.15) is 0 Å². The molecule has 3 rings (SSSR count). The van der Waals surface area contributed by atoms with E-state index in [0.29, 0.717) is 5.41 Å². The predicted octanol–water partition coefficient (Wildman–Crippen LogP) is 3.20. The Hall–Kier alpha value is -1.33. The van der Waals surface area contributed by atoms with Crippen LogP contribution < -0.4 is 0 Å². The second-order valence-electron chi connectivity index (χ2n) is 5.91. The zero-order valence-electron chi connectivity index (χ0n) is 10.8. The van der Waals surface area contributed by atoms with E-state index < -0.39 is 0 Å². The van der Waals surface area contributed by atoms with E-state index >= 15 is 0 Å². The van der Waals surface area contributed by atoms with E-state index in [1.807, 2.05) is 0 Å². The van der Waals surface area contributed by atoms with E-state index in [2.05, 4.69) is 41.3 Å². The number of hydrogen-bond acceptors (Lipinski definition) is 2. The summed E-state index contributed by atoms with van der Waals surface area (Å²) in [5, 5.41) is 9.40. The van der Waals surface area contributed by atoms with Gasteiger partial charge < -0.3 is 0 Å². The van der Waals surface area contributed by atoms with Crippen molar-refractivity contribution in [1.82, 2.24) is 4.90 Å². The van der Waals surface area contributed by atoms with Crippen LogP contribution in [-0.2, 0) is 6.54 Å². The highest BCUT2D eigenvalue weighted by molar-refractivity contribution is 5.16. The van der Waals surface area contributed by atoms with Gasteiger partial charge in [-0.25, -0.2) is 0 Å². The fraction of sp³-hybridized carbons (Fsp3) is 0.562. The topological polar surface area (TPSA) is 27.0 Å². The van der Waals surface area contributed by atoms with E-state index in [1.54, 1.807) is 0 Å². The Kier molecular flexibility index (Phi) is 3.09. The van der Waals surface area contributed by atoms with Crippen LogP contribution >= 0.6 is 0 Å².